The van der Waals surface area contributed by atoms with Gasteiger partial charge in [0.1, 0.15) is 5.69 Å². The SMILES string of the molecule is C=CCNC(=O)c1cc(NCc2ccc(C)cc2)ccn1. The van der Waals surface area contributed by atoms with E-state index in [2.05, 4.69) is 53.4 Å². The van der Waals surface area contributed by atoms with E-state index in [0.717, 1.165) is 5.69 Å². The summed E-state index contributed by atoms with van der Waals surface area (Å²) in [5.74, 6) is -0.200. The Morgan fingerprint density at radius 1 is 1.29 bits per heavy atom. The minimum atomic E-state index is -0.200. The Hall–Kier alpha value is -2.62. The molecular formula is C17H19N3O. The van der Waals surface area contributed by atoms with E-state index in [0.29, 0.717) is 18.8 Å². The second-order valence-electron chi connectivity index (χ2n) is 4.77. The minimum absolute atomic E-state index is 0.200. The lowest BCUT2D eigenvalue weighted by molar-refractivity contribution is 0.0953. The molecule has 2 N–H and O–H groups in total. The van der Waals surface area contributed by atoms with Crippen LogP contribution in [0.2, 0.25) is 0 Å². The number of nitrogens with one attached hydrogen (secondary N) is 2. The van der Waals surface area contributed by atoms with Crippen LogP contribution in [0, 0.1) is 6.92 Å². The number of amides is 1. The normalized spacial score (nSPS) is 9.95. The van der Waals surface area contributed by atoms with Crippen molar-refractivity contribution in [2.45, 2.75) is 13.5 Å². The first-order valence-electron chi connectivity index (χ1n) is 6.83. The van der Waals surface area contributed by atoms with E-state index in [1.807, 2.05) is 6.07 Å². The van der Waals surface area contributed by atoms with E-state index >= 15 is 0 Å². The number of carbonyl (C=O) groups excluding carboxylic acids is 1. The number of aromatic nitrogens is 1. The van der Waals surface area contributed by atoms with Gasteiger partial charge in [-0.05, 0) is 24.6 Å². The Morgan fingerprint density at radius 3 is 2.76 bits per heavy atom. The molecule has 0 atom stereocenters. The van der Waals surface area contributed by atoms with Crippen molar-refractivity contribution in [3.63, 3.8) is 0 Å². The molecule has 1 amide bonds. The van der Waals surface area contributed by atoms with Gasteiger partial charge in [0.05, 0.1) is 0 Å². The van der Waals surface area contributed by atoms with Gasteiger partial charge in [-0.2, -0.15) is 0 Å². The van der Waals surface area contributed by atoms with Gasteiger partial charge in [0.15, 0.2) is 0 Å². The fourth-order valence-corrected chi connectivity index (χ4v) is 1.83. The number of hydrogen-bond acceptors (Lipinski definition) is 3. The molecule has 0 unspecified atom stereocenters. The summed E-state index contributed by atoms with van der Waals surface area (Å²) in [5, 5.41) is 6.00. The fraction of sp³-hybridized carbons (Fsp3) is 0.176. The Kier molecular flexibility index (Phi) is 5.10. The predicted molar refractivity (Wildman–Crippen MR) is 85.3 cm³/mol. The summed E-state index contributed by atoms with van der Waals surface area (Å²) in [7, 11) is 0. The van der Waals surface area contributed by atoms with Crippen LogP contribution in [0.25, 0.3) is 0 Å². The molecule has 4 heteroatoms. The zero-order chi connectivity index (χ0) is 15.1. The highest BCUT2D eigenvalue weighted by atomic mass is 16.1. The summed E-state index contributed by atoms with van der Waals surface area (Å²) in [6.45, 7) is 6.77. The Morgan fingerprint density at radius 2 is 2.05 bits per heavy atom. The lowest BCUT2D eigenvalue weighted by Crippen LogP contribution is -2.24. The first-order chi connectivity index (χ1) is 10.2. The molecule has 0 aliphatic rings. The summed E-state index contributed by atoms with van der Waals surface area (Å²) in [6.07, 6.45) is 3.26. The molecule has 1 aromatic carbocycles. The molecule has 4 nitrogen and oxygen atoms in total. The number of anilines is 1. The molecule has 0 saturated heterocycles. The molecule has 0 aliphatic carbocycles. The third kappa shape index (κ3) is 4.45. The number of rotatable bonds is 6. The van der Waals surface area contributed by atoms with E-state index < -0.39 is 0 Å². The second-order valence-corrected chi connectivity index (χ2v) is 4.77. The van der Waals surface area contributed by atoms with Crippen LogP contribution in [0.15, 0.2) is 55.3 Å². The molecular weight excluding hydrogens is 262 g/mol. The van der Waals surface area contributed by atoms with Crippen LogP contribution in [-0.2, 0) is 6.54 Å². The molecule has 108 valence electrons. The van der Waals surface area contributed by atoms with E-state index in [1.54, 1.807) is 18.3 Å². The quantitative estimate of drug-likeness (QED) is 0.800. The van der Waals surface area contributed by atoms with Gasteiger partial charge in [0.25, 0.3) is 5.91 Å². The van der Waals surface area contributed by atoms with Gasteiger partial charge < -0.3 is 10.6 Å². The van der Waals surface area contributed by atoms with Crippen LogP contribution in [0.3, 0.4) is 0 Å². The van der Waals surface area contributed by atoms with Crippen LogP contribution in [0.5, 0.6) is 0 Å². The van der Waals surface area contributed by atoms with Crippen molar-refractivity contribution >= 4 is 11.6 Å². The van der Waals surface area contributed by atoms with Crippen molar-refractivity contribution in [2.75, 3.05) is 11.9 Å². The standard InChI is InChI=1S/C17H19N3O/c1-3-9-19-17(21)16-11-15(8-10-18-16)20-12-14-6-4-13(2)5-7-14/h3-8,10-11H,1,9,12H2,2H3,(H,18,20)(H,19,21). The van der Waals surface area contributed by atoms with Crippen molar-refractivity contribution in [2.24, 2.45) is 0 Å². The summed E-state index contributed by atoms with van der Waals surface area (Å²) >= 11 is 0. The molecule has 0 fully saturated rings. The number of pyridine rings is 1. The van der Waals surface area contributed by atoms with Crippen LogP contribution >= 0.6 is 0 Å². The predicted octanol–water partition coefficient (Wildman–Crippen LogP) is 2.92. The Bertz CT molecular complexity index is 620. The molecule has 0 spiro atoms. The maximum atomic E-state index is 11.8. The number of benzene rings is 1. The highest BCUT2D eigenvalue weighted by molar-refractivity contribution is 5.93. The average molecular weight is 281 g/mol. The van der Waals surface area contributed by atoms with Gasteiger partial charge in [-0.25, -0.2) is 0 Å². The smallest absolute Gasteiger partial charge is 0.270 e. The van der Waals surface area contributed by atoms with E-state index in [1.165, 1.54) is 11.1 Å². The minimum Gasteiger partial charge on any atom is -0.381 e. The number of hydrogen-bond donors (Lipinski definition) is 2. The monoisotopic (exact) mass is 281 g/mol. The number of carbonyl (C=O) groups is 1. The summed E-state index contributed by atoms with van der Waals surface area (Å²) in [6, 6.07) is 11.9. The third-order valence-corrected chi connectivity index (χ3v) is 3.02. The summed E-state index contributed by atoms with van der Waals surface area (Å²) in [4.78, 5) is 15.9. The first kappa shape index (κ1) is 14.8. The maximum Gasteiger partial charge on any atom is 0.270 e. The van der Waals surface area contributed by atoms with Gasteiger partial charge >= 0.3 is 0 Å². The van der Waals surface area contributed by atoms with Gasteiger partial charge in [0.2, 0.25) is 0 Å². The topological polar surface area (TPSA) is 54.0 Å². The molecule has 1 aromatic heterocycles. The van der Waals surface area contributed by atoms with Crippen molar-refractivity contribution < 1.29 is 4.79 Å². The van der Waals surface area contributed by atoms with E-state index in [4.69, 9.17) is 0 Å². The van der Waals surface area contributed by atoms with Crippen molar-refractivity contribution in [1.29, 1.82) is 0 Å². The lowest BCUT2D eigenvalue weighted by Gasteiger charge is -2.08. The molecule has 0 saturated carbocycles. The number of nitrogens with zero attached hydrogens (tertiary/aromatic N) is 1. The van der Waals surface area contributed by atoms with Crippen LogP contribution in [0.1, 0.15) is 21.6 Å². The number of aryl methyl sites for hydroxylation is 1. The van der Waals surface area contributed by atoms with Crippen molar-refractivity contribution in [3.05, 3.63) is 72.1 Å². The summed E-state index contributed by atoms with van der Waals surface area (Å²) in [5.41, 5.74) is 3.69. The van der Waals surface area contributed by atoms with Gasteiger partial charge in [0, 0.05) is 25.0 Å². The molecule has 21 heavy (non-hydrogen) atoms. The zero-order valence-corrected chi connectivity index (χ0v) is 12.1. The van der Waals surface area contributed by atoms with Crippen LogP contribution in [-0.4, -0.2) is 17.4 Å². The highest BCUT2D eigenvalue weighted by Crippen LogP contribution is 2.11. The van der Waals surface area contributed by atoms with Gasteiger partial charge in [-0.3, -0.25) is 9.78 Å². The molecule has 2 aromatic rings. The largest absolute Gasteiger partial charge is 0.381 e. The van der Waals surface area contributed by atoms with Crippen molar-refractivity contribution in [3.8, 4) is 0 Å². The molecule has 2 rings (SSSR count). The zero-order valence-electron chi connectivity index (χ0n) is 12.1. The maximum absolute atomic E-state index is 11.8. The van der Waals surface area contributed by atoms with E-state index in [-0.39, 0.29) is 5.91 Å². The highest BCUT2D eigenvalue weighted by Gasteiger charge is 2.06. The molecule has 0 radical (unpaired) electrons. The molecule has 0 aliphatic heterocycles. The van der Waals surface area contributed by atoms with Crippen LogP contribution < -0.4 is 10.6 Å². The summed E-state index contributed by atoms with van der Waals surface area (Å²) < 4.78 is 0. The lowest BCUT2D eigenvalue weighted by atomic mass is 10.1. The average Bonchev–Trinajstić information content (AvgIpc) is 2.52. The van der Waals surface area contributed by atoms with Crippen LogP contribution in [0.4, 0.5) is 5.69 Å². The molecule has 1 heterocycles. The van der Waals surface area contributed by atoms with E-state index in [9.17, 15) is 4.79 Å². The Labute approximate surface area is 124 Å². The second kappa shape index (κ2) is 7.24. The Balaban J connectivity index is 1.99. The van der Waals surface area contributed by atoms with Gasteiger partial charge in [-0.1, -0.05) is 35.9 Å². The van der Waals surface area contributed by atoms with Crippen molar-refractivity contribution in [1.82, 2.24) is 10.3 Å². The third-order valence-electron chi connectivity index (χ3n) is 3.02. The first-order valence-corrected chi connectivity index (χ1v) is 6.83. The van der Waals surface area contributed by atoms with Gasteiger partial charge in [-0.15, -0.1) is 6.58 Å². The fourth-order valence-electron chi connectivity index (χ4n) is 1.83. The molecule has 0 bridgehead atoms.